The van der Waals surface area contributed by atoms with E-state index in [2.05, 4.69) is 0 Å². The van der Waals surface area contributed by atoms with Crippen LogP contribution in [0.4, 0.5) is 0 Å². The predicted molar refractivity (Wildman–Crippen MR) is 82.5 cm³/mol. The van der Waals surface area contributed by atoms with Crippen LogP contribution >= 0.6 is 11.6 Å². The Morgan fingerprint density at radius 2 is 2.29 bits per heavy atom. The molecule has 1 N–H and O–H groups in total. The summed E-state index contributed by atoms with van der Waals surface area (Å²) in [7, 11) is 0. The molecule has 1 saturated heterocycles. The SMILES string of the molecule is CC(Oc1ccccc1Cl)C(=O)N1CCCC(CCO)C1. The number of aliphatic hydroxyl groups is 1. The number of carbonyl (C=O) groups is 1. The molecular weight excluding hydrogens is 290 g/mol. The van der Waals surface area contributed by atoms with Gasteiger partial charge in [0, 0.05) is 19.7 Å². The van der Waals surface area contributed by atoms with Gasteiger partial charge >= 0.3 is 0 Å². The van der Waals surface area contributed by atoms with Crippen LogP contribution in [-0.4, -0.2) is 41.7 Å². The highest BCUT2D eigenvalue weighted by Crippen LogP contribution is 2.25. The van der Waals surface area contributed by atoms with Gasteiger partial charge in [-0.25, -0.2) is 0 Å². The largest absolute Gasteiger partial charge is 0.479 e. The van der Waals surface area contributed by atoms with Crippen LogP contribution in [0.25, 0.3) is 0 Å². The van der Waals surface area contributed by atoms with Gasteiger partial charge in [-0.3, -0.25) is 4.79 Å². The van der Waals surface area contributed by atoms with E-state index in [9.17, 15) is 4.79 Å². The molecule has 1 aromatic rings. The van der Waals surface area contributed by atoms with Crippen LogP contribution in [0.5, 0.6) is 5.75 Å². The van der Waals surface area contributed by atoms with E-state index in [0.717, 1.165) is 25.8 Å². The molecule has 1 aliphatic rings. The van der Waals surface area contributed by atoms with Crippen LogP contribution in [0.2, 0.25) is 5.02 Å². The summed E-state index contributed by atoms with van der Waals surface area (Å²) in [5.74, 6) is 0.904. The molecule has 1 fully saturated rings. The van der Waals surface area contributed by atoms with Crippen LogP contribution in [0.15, 0.2) is 24.3 Å². The number of rotatable bonds is 5. The standard InChI is InChI=1S/C16H22ClNO3/c1-12(21-15-7-3-2-6-14(15)17)16(20)18-9-4-5-13(11-18)8-10-19/h2-3,6-7,12-13,19H,4-5,8-11H2,1H3. The second kappa shape index (κ2) is 7.66. The summed E-state index contributed by atoms with van der Waals surface area (Å²) in [5.41, 5.74) is 0. The summed E-state index contributed by atoms with van der Waals surface area (Å²) >= 11 is 6.05. The molecule has 5 heteroatoms. The molecule has 2 unspecified atom stereocenters. The van der Waals surface area contributed by atoms with E-state index in [0.29, 0.717) is 23.2 Å². The maximum atomic E-state index is 12.5. The first-order chi connectivity index (χ1) is 10.1. The number of piperidine rings is 1. The molecule has 0 aromatic heterocycles. The van der Waals surface area contributed by atoms with Gasteiger partial charge in [-0.15, -0.1) is 0 Å². The van der Waals surface area contributed by atoms with Gasteiger partial charge in [-0.2, -0.15) is 0 Å². The zero-order chi connectivity index (χ0) is 15.2. The topological polar surface area (TPSA) is 49.8 Å². The number of hydrogen-bond donors (Lipinski definition) is 1. The Morgan fingerprint density at radius 3 is 3.00 bits per heavy atom. The average Bonchev–Trinajstić information content (AvgIpc) is 2.49. The van der Waals surface area contributed by atoms with Crippen LogP contribution < -0.4 is 4.74 Å². The van der Waals surface area contributed by atoms with Crippen molar-refractivity contribution in [3.8, 4) is 5.75 Å². The summed E-state index contributed by atoms with van der Waals surface area (Å²) in [5, 5.41) is 9.54. The number of para-hydroxylation sites is 1. The molecule has 0 aliphatic carbocycles. The first kappa shape index (κ1) is 16.1. The van der Waals surface area contributed by atoms with Crippen LogP contribution in [0.1, 0.15) is 26.2 Å². The number of aliphatic hydroxyl groups excluding tert-OH is 1. The number of halogens is 1. The van der Waals surface area contributed by atoms with Crippen molar-refractivity contribution in [3.05, 3.63) is 29.3 Å². The molecule has 0 saturated carbocycles. The fourth-order valence-corrected chi connectivity index (χ4v) is 2.90. The molecule has 2 rings (SSSR count). The van der Waals surface area contributed by atoms with E-state index < -0.39 is 6.10 Å². The minimum Gasteiger partial charge on any atom is -0.479 e. The number of nitrogens with zero attached hydrogens (tertiary/aromatic N) is 1. The van der Waals surface area contributed by atoms with Crippen molar-refractivity contribution in [2.75, 3.05) is 19.7 Å². The van der Waals surface area contributed by atoms with Gasteiger partial charge in [0.2, 0.25) is 0 Å². The maximum absolute atomic E-state index is 12.5. The van der Waals surface area contributed by atoms with E-state index in [1.165, 1.54) is 0 Å². The summed E-state index contributed by atoms with van der Waals surface area (Å²) < 4.78 is 5.68. The van der Waals surface area contributed by atoms with Gasteiger partial charge < -0.3 is 14.7 Å². The number of carbonyl (C=O) groups excluding carboxylic acids is 1. The van der Waals surface area contributed by atoms with E-state index in [1.54, 1.807) is 19.1 Å². The van der Waals surface area contributed by atoms with Crippen molar-refractivity contribution in [2.24, 2.45) is 5.92 Å². The van der Waals surface area contributed by atoms with Gasteiger partial charge in [-0.1, -0.05) is 23.7 Å². The van der Waals surface area contributed by atoms with Gasteiger partial charge in [-0.05, 0) is 44.2 Å². The second-order valence-electron chi connectivity index (χ2n) is 5.50. The van der Waals surface area contributed by atoms with Crippen LogP contribution in [-0.2, 0) is 4.79 Å². The lowest BCUT2D eigenvalue weighted by Crippen LogP contribution is -2.46. The zero-order valence-corrected chi connectivity index (χ0v) is 13.1. The lowest BCUT2D eigenvalue weighted by atomic mass is 9.95. The Hall–Kier alpha value is -1.26. The fourth-order valence-electron chi connectivity index (χ4n) is 2.72. The Kier molecular flexibility index (Phi) is 5.88. The molecule has 0 radical (unpaired) electrons. The monoisotopic (exact) mass is 311 g/mol. The minimum absolute atomic E-state index is 0.0161. The molecule has 0 bridgehead atoms. The first-order valence-electron chi connectivity index (χ1n) is 7.42. The molecule has 1 aliphatic heterocycles. The summed E-state index contributed by atoms with van der Waals surface area (Å²) in [6.45, 7) is 3.40. The van der Waals surface area contributed by atoms with E-state index in [1.807, 2.05) is 17.0 Å². The van der Waals surface area contributed by atoms with Crippen molar-refractivity contribution in [1.82, 2.24) is 4.90 Å². The highest BCUT2D eigenvalue weighted by atomic mass is 35.5. The van der Waals surface area contributed by atoms with Gasteiger partial charge in [0.25, 0.3) is 5.91 Å². The maximum Gasteiger partial charge on any atom is 0.263 e. The number of benzene rings is 1. The van der Waals surface area contributed by atoms with Gasteiger partial charge in [0.05, 0.1) is 5.02 Å². The highest BCUT2D eigenvalue weighted by Gasteiger charge is 2.27. The van der Waals surface area contributed by atoms with Gasteiger partial charge in [0.15, 0.2) is 6.10 Å². The molecule has 1 amide bonds. The lowest BCUT2D eigenvalue weighted by molar-refractivity contribution is -0.139. The quantitative estimate of drug-likeness (QED) is 0.909. The fraction of sp³-hybridized carbons (Fsp3) is 0.562. The van der Waals surface area contributed by atoms with Gasteiger partial charge in [0.1, 0.15) is 5.75 Å². The molecule has 4 nitrogen and oxygen atoms in total. The second-order valence-corrected chi connectivity index (χ2v) is 5.90. The van der Waals surface area contributed by atoms with Crippen LogP contribution in [0, 0.1) is 5.92 Å². The molecule has 0 spiro atoms. The molecule has 116 valence electrons. The Morgan fingerprint density at radius 1 is 1.52 bits per heavy atom. The molecule has 21 heavy (non-hydrogen) atoms. The number of amides is 1. The smallest absolute Gasteiger partial charge is 0.263 e. The number of hydrogen-bond acceptors (Lipinski definition) is 3. The third-order valence-corrected chi connectivity index (χ3v) is 4.17. The van der Waals surface area contributed by atoms with Crippen molar-refractivity contribution in [3.63, 3.8) is 0 Å². The molecule has 1 heterocycles. The van der Waals surface area contributed by atoms with E-state index in [4.69, 9.17) is 21.4 Å². The number of likely N-dealkylation sites (tertiary alicyclic amines) is 1. The first-order valence-corrected chi connectivity index (χ1v) is 7.80. The lowest BCUT2D eigenvalue weighted by Gasteiger charge is -2.34. The zero-order valence-electron chi connectivity index (χ0n) is 12.3. The predicted octanol–water partition coefficient (Wildman–Crippen LogP) is 2.73. The highest BCUT2D eigenvalue weighted by molar-refractivity contribution is 6.32. The third kappa shape index (κ3) is 4.35. The summed E-state index contributed by atoms with van der Waals surface area (Å²) in [4.78, 5) is 14.3. The van der Waals surface area contributed by atoms with E-state index in [-0.39, 0.29) is 12.5 Å². The molecular formula is C16H22ClNO3. The number of ether oxygens (including phenoxy) is 1. The van der Waals surface area contributed by atoms with Crippen molar-refractivity contribution >= 4 is 17.5 Å². The Balaban J connectivity index is 1.94. The third-order valence-electron chi connectivity index (χ3n) is 3.86. The molecule has 2 atom stereocenters. The summed E-state index contributed by atoms with van der Waals surface area (Å²) in [6, 6.07) is 7.16. The Labute approximate surface area is 130 Å². The normalized spacial score (nSPS) is 20.1. The summed E-state index contributed by atoms with van der Waals surface area (Å²) in [6.07, 6.45) is 2.25. The average molecular weight is 312 g/mol. The van der Waals surface area contributed by atoms with Crippen molar-refractivity contribution < 1.29 is 14.6 Å². The van der Waals surface area contributed by atoms with Crippen molar-refractivity contribution in [2.45, 2.75) is 32.3 Å². The Bertz CT molecular complexity index is 478. The van der Waals surface area contributed by atoms with Crippen molar-refractivity contribution in [1.29, 1.82) is 0 Å². The minimum atomic E-state index is -0.558. The molecule has 1 aromatic carbocycles. The van der Waals surface area contributed by atoms with E-state index >= 15 is 0 Å². The van der Waals surface area contributed by atoms with Crippen LogP contribution in [0.3, 0.4) is 0 Å².